The molecule has 2 aromatic heterocycles. The first-order valence-corrected chi connectivity index (χ1v) is 9.61. The third-order valence-corrected chi connectivity index (χ3v) is 5.01. The number of pyridine rings is 1. The lowest BCUT2D eigenvalue weighted by atomic mass is 9.97. The number of benzene rings is 1. The summed E-state index contributed by atoms with van der Waals surface area (Å²) in [7, 11) is 0. The minimum absolute atomic E-state index is 0.121. The molecule has 0 aliphatic carbocycles. The molecule has 1 saturated heterocycles. The quantitative estimate of drug-likeness (QED) is 0.487. The first-order chi connectivity index (χ1) is 14.6. The number of amides is 1. The zero-order valence-corrected chi connectivity index (χ0v) is 16.1. The molecule has 3 aromatic rings. The van der Waals surface area contributed by atoms with Crippen LogP contribution in [0.2, 0.25) is 0 Å². The Balaban J connectivity index is 1.30. The van der Waals surface area contributed by atoms with E-state index in [1.54, 1.807) is 18.3 Å². The van der Waals surface area contributed by atoms with Crippen molar-refractivity contribution in [3.05, 3.63) is 64.7 Å². The van der Waals surface area contributed by atoms with E-state index < -0.39 is 4.92 Å². The van der Waals surface area contributed by atoms with Crippen molar-refractivity contribution in [3.63, 3.8) is 0 Å². The summed E-state index contributed by atoms with van der Waals surface area (Å²) < 4.78 is 5.43. The molecule has 1 fully saturated rings. The van der Waals surface area contributed by atoms with Crippen molar-refractivity contribution in [2.75, 3.05) is 25.0 Å². The number of carbonyl (C=O) groups excluding carboxylic acids is 1. The van der Waals surface area contributed by atoms with E-state index in [-0.39, 0.29) is 29.7 Å². The maximum atomic E-state index is 12.3. The van der Waals surface area contributed by atoms with Crippen molar-refractivity contribution < 1.29 is 14.2 Å². The number of hydrogen-bond acceptors (Lipinski definition) is 8. The fraction of sp³-hybridized carbons (Fsp3) is 0.300. The molecular formula is C20H20N6O4. The highest BCUT2D eigenvalue weighted by Gasteiger charge is 2.27. The fourth-order valence-electron chi connectivity index (χ4n) is 3.47. The number of carbonyl (C=O) groups is 1. The van der Waals surface area contributed by atoms with Crippen LogP contribution in [0.25, 0.3) is 11.5 Å². The van der Waals surface area contributed by atoms with Crippen LogP contribution < -0.4 is 5.32 Å². The lowest BCUT2D eigenvalue weighted by molar-refractivity contribution is -0.383. The van der Waals surface area contributed by atoms with Gasteiger partial charge in [-0.25, -0.2) is 0 Å². The average molecular weight is 408 g/mol. The van der Waals surface area contributed by atoms with Crippen LogP contribution in [0.3, 0.4) is 0 Å². The van der Waals surface area contributed by atoms with E-state index in [9.17, 15) is 14.9 Å². The standard InChI is InChI=1S/C20H20N6O4/c27-18(22-15-5-1-2-7-17(15)26(28)29)13-25-11-8-14(9-12-25)20-23-19(24-30-20)16-6-3-4-10-21-16/h1-7,10,14H,8-9,11-13H2,(H,22,27). The van der Waals surface area contributed by atoms with Gasteiger partial charge < -0.3 is 9.84 Å². The molecular weight excluding hydrogens is 388 g/mol. The fourth-order valence-corrected chi connectivity index (χ4v) is 3.47. The Kier molecular flexibility index (Phi) is 5.75. The highest BCUT2D eigenvalue weighted by atomic mass is 16.6. The minimum Gasteiger partial charge on any atom is -0.339 e. The number of nitrogens with zero attached hydrogens (tertiary/aromatic N) is 5. The molecule has 1 aliphatic rings. The number of para-hydroxylation sites is 2. The number of nitro groups is 1. The molecule has 1 aromatic carbocycles. The SMILES string of the molecule is O=C(CN1CCC(c2nc(-c3ccccn3)no2)CC1)Nc1ccccc1[N+](=O)[O-]. The van der Waals surface area contributed by atoms with E-state index in [2.05, 4.69) is 20.4 Å². The van der Waals surface area contributed by atoms with Gasteiger partial charge in [-0.1, -0.05) is 23.4 Å². The van der Waals surface area contributed by atoms with Gasteiger partial charge >= 0.3 is 0 Å². The number of likely N-dealkylation sites (tertiary alicyclic amines) is 1. The van der Waals surface area contributed by atoms with Gasteiger partial charge in [0, 0.05) is 18.2 Å². The van der Waals surface area contributed by atoms with Gasteiger partial charge in [-0.3, -0.25) is 24.8 Å². The Morgan fingerprint density at radius 2 is 1.97 bits per heavy atom. The van der Waals surface area contributed by atoms with Crippen molar-refractivity contribution in [3.8, 4) is 11.5 Å². The predicted molar refractivity (Wildman–Crippen MR) is 108 cm³/mol. The van der Waals surface area contributed by atoms with Crippen molar-refractivity contribution >= 4 is 17.3 Å². The van der Waals surface area contributed by atoms with E-state index in [1.807, 2.05) is 23.1 Å². The molecule has 1 amide bonds. The van der Waals surface area contributed by atoms with Gasteiger partial charge in [0.15, 0.2) is 0 Å². The molecule has 0 spiro atoms. The predicted octanol–water partition coefficient (Wildman–Crippen LogP) is 2.86. The van der Waals surface area contributed by atoms with Gasteiger partial charge in [0.05, 0.1) is 11.5 Å². The largest absolute Gasteiger partial charge is 0.339 e. The van der Waals surface area contributed by atoms with Crippen LogP contribution in [0.15, 0.2) is 53.2 Å². The average Bonchev–Trinajstić information content (AvgIpc) is 3.25. The normalized spacial score (nSPS) is 15.1. The highest BCUT2D eigenvalue weighted by molar-refractivity contribution is 5.94. The summed E-state index contributed by atoms with van der Waals surface area (Å²) in [5, 5.41) is 17.7. The molecule has 1 aliphatic heterocycles. The zero-order valence-electron chi connectivity index (χ0n) is 16.1. The third kappa shape index (κ3) is 4.49. The number of piperidine rings is 1. The molecule has 0 atom stereocenters. The highest BCUT2D eigenvalue weighted by Crippen LogP contribution is 2.28. The Morgan fingerprint density at radius 3 is 2.70 bits per heavy atom. The molecule has 154 valence electrons. The van der Waals surface area contributed by atoms with Crippen LogP contribution in [-0.2, 0) is 4.79 Å². The van der Waals surface area contributed by atoms with Crippen LogP contribution in [0.1, 0.15) is 24.7 Å². The van der Waals surface area contributed by atoms with Gasteiger partial charge in [-0.05, 0) is 44.1 Å². The first kappa shape index (κ1) is 19.6. The number of hydrogen-bond donors (Lipinski definition) is 1. The second-order valence-electron chi connectivity index (χ2n) is 7.04. The Labute approximate surface area is 172 Å². The molecule has 30 heavy (non-hydrogen) atoms. The topological polar surface area (TPSA) is 127 Å². The molecule has 4 rings (SSSR count). The molecule has 10 nitrogen and oxygen atoms in total. The van der Waals surface area contributed by atoms with Crippen LogP contribution in [0.4, 0.5) is 11.4 Å². The monoisotopic (exact) mass is 408 g/mol. The first-order valence-electron chi connectivity index (χ1n) is 9.61. The molecule has 3 heterocycles. The maximum Gasteiger partial charge on any atom is 0.292 e. The summed E-state index contributed by atoms with van der Waals surface area (Å²) in [5.74, 6) is 0.902. The van der Waals surface area contributed by atoms with Crippen LogP contribution >= 0.6 is 0 Å². The molecule has 0 unspecified atom stereocenters. The number of aromatic nitrogens is 3. The van der Waals surface area contributed by atoms with E-state index in [1.165, 1.54) is 12.1 Å². The molecule has 0 bridgehead atoms. The second-order valence-corrected chi connectivity index (χ2v) is 7.04. The molecule has 10 heteroatoms. The molecule has 0 saturated carbocycles. The summed E-state index contributed by atoms with van der Waals surface area (Å²) in [4.78, 5) is 33.6. The summed E-state index contributed by atoms with van der Waals surface area (Å²) >= 11 is 0. The molecule has 1 N–H and O–H groups in total. The zero-order chi connectivity index (χ0) is 20.9. The second kappa shape index (κ2) is 8.78. The van der Waals surface area contributed by atoms with E-state index in [0.29, 0.717) is 30.5 Å². The van der Waals surface area contributed by atoms with Crippen LogP contribution in [0, 0.1) is 10.1 Å². The number of rotatable bonds is 6. The Morgan fingerprint density at radius 1 is 1.20 bits per heavy atom. The Hall–Kier alpha value is -3.66. The number of anilines is 1. The van der Waals surface area contributed by atoms with Crippen molar-refractivity contribution in [1.82, 2.24) is 20.0 Å². The summed E-state index contributed by atoms with van der Waals surface area (Å²) in [6, 6.07) is 11.6. The van der Waals surface area contributed by atoms with Crippen molar-refractivity contribution in [1.29, 1.82) is 0 Å². The van der Waals surface area contributed by atoms with Gasteiger partial charge in [0.1, 0.15) is 11.4 Å². The summed E-state index contributed by atoms with van der Waals surface area (Å²) in [5.41, 5.74) is 0.747. The minimum atomic E-state index is -0.509. The number of nitrogens with one attached hydrogen (secondary N) is 1. The van der Waals surface area contributed by atoms with Crippen LogP contribution in [-0.4, -0.2) is 50.5 Å². The summed E-state index contributed by atoms with van der Waals surface area (Å²) in [6.07, 6.45) is 3.24. The van der Waals surface area contributed by atoms with E-state index in [4.69, 9.17) is 4.52 Å². The van der Waals surface area contributed by atoms with Gasteiger partial charge in [0.25, 0.3) is 5.69 Å². The van der Waals surface area contributed by atoms with E-state index in [0.717, 1.165) is 12.8 Å². The number of nitro benzene ring substituents is 1. The van der Waals surface area contributed by atoms with Gasteiger partial charge in [-0.15, -0.1) is 0 Å². The van der Waals surface area contributed by atoms with Crippen molar-refractivity contribution in [2.24, 2.45) is 0 Å². The van der Waals surface area contributed by atoms with Gasteiger partial charge in [0.2, 0.25) is 17.6 Å². The van der Waals surface area contributed by atoms with Gasteiger partial charge in [-0.2, -0.15) is 4.98 Å². The van der Waals surface area contributed by atoms with Crippen molar-refractivity contribution in [2.45, 2.75) is 18.8 Å². The van der Waals surface area contributed by atoms with E-state index >= 15 is 0 Å². The Bertz CT molecular complexity index is 1030. The smallest absolute Gasteiger partial charge is 0.292 e. The lowest BCUT2D eigenvalue weighted by Gasteiger charge is -2.29. The third-order valence-electron chi connectivity index (χ3n) is 5.01. The van der Waals surface area contributed by atoms with Crippen LogP contribution in [0.5, 0.6) is 0 Å². The molecule has 0 radical (unpaired) electrons. The summed E-state index contributed by atoms with van der Waals surface area (Å²) in [6.45, 7) is 1.55. The maximum absolute atomic E-state index is 12.3. The lowest BCUT2D eigenvalue weighted by Crippen LogP contribution is -2.38.